The lowest BCUT2D eigenvalue weighted by Gasteiger charge is -2.22. The van der Waals surface area contributed by atoms with Crippen molar-refractivity contribution in [2.24, 2.45) is 5.41 Å². The number of carbonyl (C=O) groups excluding carboxylic acids is 2. The number of hydrogen-bond donors (Lipinski definition) is 2. The topological polar surface area (TPSA) is 103 Å². The van der Waals surface area contributed by atoms with Gasteiger partial charge in [0.25, 0.3) is 0 Å². The van der Waals surface area contributed by atoms with E-state index in [-0.39, 0.29) is 29.7 Å². The predicted octanol–water partition coefficient (Wildman–Crippen LogP) is 1.18. The molecule has 0 aromatic carbocycles. The molecule has 0 bridgehead atoms. The number of carboxylic acid groups (broad SMARTS) is 1. The maximum absolute atomic E-state index is 12.4. The molecule has 0 unspecified atom stereocenters. The first-order valence-electron chi connectivity index (χ1n) is 6.11. The van der Waals surface area contributed by atoms with Gasteiger partial charge in [-0.2, -0.15) is 5.10 Å². The Morgan fingerprint density at radius 2 is 2.11 bits per heavy atom. The molecule has 102 valence electrons. The zero-order valence-electron chi connectivity index (χ0n) is 10.8. The molecule has 1 saturated heterocycles. The number of aromatic amines is 1. The zero-order valence-corrected chi connectivity index (χ0v) is 10.8. The highest BCUT2D eigenvalue weighted by Gasteiger charge is 2.50. The van der Waals surface area contributed by atoms with E-state index in [4.69, 9.17) is 5.11 Å². The number of aromatic carboxylic acids is 1. The molecule has 1 aromatic heterocycles. The first-order valence-corrected chi connectivity index (χ1v) is 6.11. The maximum Gasteiger partial charge on any atom is 0.353 e. The number of nitrogens with one attached hydrogen (secondary N) is 1. The van der Waals surface area contributed by atoms with Gasteiger partial charge < -0.3 is 5.11 Å². The zero-order chi connectivity index (χ0) is 14.2. The molecule has 7 heteroatoms. The normalized spacial score (nSPS) is 18.1. The Labute approximate surface area is 109 Å². The SMILES string of the molecule is CCC1(CC)CC(=O)N(c2cc(C(=O)O)[nH]n2)C1=O. The molecule has 2 rings (SSSR count). The van der Waals surface area contributed by atoms with E-state index in [1.165, 1.54) is 6.07 Å². The third-order valence-electron chi connectivity index (χ3n) is 3.77. The van der Waals surface area contributed by atoms with Crippen LogP contribution in [0, 0.1) is 5.41 Å². The van der Waals surface area contributed by atoms with Crippen LogP contribution in [0.3, 0.4) is 0 Å². The molecule has 2 heterocycles. The summed E-state index contributed by atoms with van der Waals surface area (Å²) in [4.78, 5) is 36.1. The molecule has 0 saturated carbocycles. The Bertz CT molecular complexity index is 545. The summed E-state index contributed by atoms with van der Waals surface area (Å²) >= 11 is 0. The fraction of sp³-hybridized carbons (Fsp3) is 0.500. The van der Waals surface area contributed by atoms with Gasteiger partial charge in [0.1, 0.15) is 5.69 Å². The Morgan fingerprint density at radius 3 is 2.53 bits per heavy atom. The Hall–Kier alpha value is -2.18. The van der Waals surface area contributed by atoms with Gasteiger partial charge in [-0.15, -0.1) is 0 Å². The maximum atomic E-state index is 12.4. The van der Waals surface area contributed by atoms with Crippen LogP contribution in [0.5, 0.6) is 0 Å². The van der Waals surface area contributed by atoms with Crippen LogP contribution in [0.4, 0.5) is 5.82 Å². The smallest absolute Gasteiger partial charge is 0.353 e. The van der Waals surface area contributed by atoms with Gasteiger partial charge in [-0.05, 0) is 12.8 Å². The number of nitrogens with zero attached hydrogens (tertiary/aromatic N) is 2. The minimum Gasteiger partial charge on any atom is -0.477 e. The number of amides is 2. The highest BCUT2D eigenvalue weighted by molar-refractivity contribution is 6.22. The summed E-state index contributed by atoms with van der Waals surface area (Å²) in [5.74, 6) is -1.77. The van der Waals surface area contributed by atoms with Crippen LogP contribution >= 0.6 is 0 Å². The van der Waals surface area contributed by atoms with Crippen LogP contribution in [-0.4, -0.2) is 33.1 Å². The van der Waals surface area contributed by atoms with E-state index in [1.807, 2.05) is 13.8 Å². The molecule has 1 aliphatic rings. The van der Waals surface area contributed by atoms with Crippen molar-refractivity contribution in [2.75, 3.05) is 4.90 Å². The van der Waals surface area contributed by atoms with Gasteiger partial charge in [0, 0.05) is 12.5 Å². The molecule has 0 atom stereocenters. The second kappa shape index (κ2) is 4.49. The molecule has 2 N–H and O–H groups in total. The lowest BCUT2D eigenvalue weighted by Crippen LogP contribution is -2.35. The second-order valence-electron chi connectivity index (χ2n) is 4.64. The van der Waals surface area contributed by atoms with Crippen LogP contribution in [0.1, 0.15) is 43.6 Å². The largest absolute Gasteiger partial charge is 0.477 e. The van der Waals surface area contributed by atoms with Crippen molar-refractivity contribution in [3.8, 4) is 0 Å². The van der Waals surface area contributed by atoms with Crippen molar-refractivity contribution in [3.63, 3.8) is 0 Å². The average molecular weight is 265 g/mol. The minimum atomic E-state index is -1.19. The molecule has 2 amide bonds. The molecular weight excluding hydrogens is 250 g/mol. The third-order valence-corrected chi connectivity index (χ3v) is 3.77. The van der Waals surface area contributed by atoms with E-state index in [0.29, 0.717) is 12.8 Å². The van der Waals surface area contributed by atoms with Gasteiger partial charge in [0.2, 0.25) is 11.8 Å². The molecule has 19 heavy (non-hydrogen) atoms. The quantitative estimate of drug-likeness (QED) is 0.795. The first kappa shape index (κ1) is 13.3. The molecule has 0 spiro atoms. The lowest BCUT2D eigenvalue weighted by molar-refractivity contribution is -0.126. The van der Waals surface area contributed by atoms with E-state index >= 15 is 0 Å². The van der Waals surface area contributed by atoms with Crippen LogP contribution in [0.2, 0.25) is 0 Å². The van der Waals surface area contributed by atoms with Gasteiger partial charge >= 0.3 is 5.97 Å². The van der Waals surface area contributed by atoms with Crippen molar-refractivity contribution in [2.45, 2.75) is 33.1 Å². The second-order valence-corrected chi connectivity index (χ2v) is 4.64. The van der Waals surface area contributed by atoms with Gasteiger partial charge in [-0.1, -0.05) is 13.8 Å². The molecule has 1 aliphatic heterocycles. The summed E-state index contributed by atoms with van der Waals surface area (Å²) in [7, 11) is 0. The van der Waals surface area contributed by atoms with Gasteiger partial charge in [-0.3, -0.25) is 14.7 Å². The molecular formula is C12H15N3O4. The van der Waals surface area contributed by atoms with Crippen molar-refractivity contribution in [1.82, 2.24) is 10.2 Å². The fourth-order valence-electron chi connectivity index (χ4n) is 2.36. The van der Waals surface area contributed by atoms with E-state index in [9.17, 15) is 14.4 Å². The highest BCUT2D eigenvalue weighted by atomic mass is 16.4. The molecule has 0 radical (unpaired) electrons. The Balaban J connectivity index is 2.37. The van der Waals surface area contributed by atoms with Crippen LogP contribution < -0.4 is 4.90 Å². The first-order chi connectivity index (χ1) is 8.95. The van der Waals surface area contributed by atoms with Crippen LogP contribution in [0.15, 0.2) is 6.07 Å². The van der Waals surface area contributed by atoms with Crippen LogP contribution in [-0.2, 0) is 9.59 Å². The summed E-state index contributed by atoms with van der Waals surface area (Å²) in [6.07, 6.45) is 1.29. The third kappa shape index (κ3) is 1.91. The summed E-state index contributed by atoms with van der Waals surface area (Å²) < 4.78 is 0. The summed E-state index contributed by atoms with van der Waals surface area (Å²) in [5, 5.41) is 14.8. The summed E-state index contributed by atoms with van der Waals surface area (Å²) in [5.41, 5.74) is -0.833. The highest BCUT2D eigenvalue weighted by Crippen LogP contribution is 2.40. The monoisotopic (exact) mass is 265 g/mol. The van der Waals surface area contributed by atoms with Crippen molar-refractivity contribution < 1.29 is 19.5 Å². The van der Waals surface area contributed by atoms with Gasteiger partial charge in [-0.25, -0.2) is 9.69 Å². The van der Waals surface area contributed by atoms with E-state index < -0.39 is 11.4 Å². The minimum absolute atomic E-state index is 0.0520. The number of carbonyl (C=O) groups is 3. The summed E-state index contributed by atoms with van der Waals surface area (Å²) in [6, 6.07) is 1.19. The number of anilines is 1. The van der Waals surface area contributed by atoms with E-state index in [0.717, 1.165) is 4.90 Å². The van der Waals surface area contributed by atoms with Gasteiger partial charge in [0.05, 0.1) is 5.41 Å². The van der Waals surface area contributed by atoms with Crippen molar-refractivity contribution in [1.29, 1.82) is 0 Å². The standard InChI is InChI=1S/C12H15N3O4/c1-3-12(4-2)6-9(16)15(11(12)19)8-5-7(10(17)18)13-14-8/h5H,3-4,6H2,1-2H3,(H,13,14)(H,17,18). The lowest BCUT2D eigenvalue weighted by atomic mass is 9.81. The number of imide groups is 1. The molecule has 7 nitrogen and oxygen atoms in total. The molecule has 1 aromatic rings. The summed E-state index contributed by atoms with van der Waals surface area (Å²) in [6.45, 7) is 3.73. The molecule has 1 fully saturated rings. The number of aromatic nitrogens is 2. The van der Waals surface area contributed by atoms with Crippen LogP contribution in [0.25, 0.3) is 0 Å². The van der Waals surface area contributed by atoms with Crippen molar-refractivity contribution >= 4 is 23.6 Å². The van der Waals surface area contributed by atoms with Crippen molar-refractivity contribution in [3.05, 3.63) is 11.8 Å². The number of hydrogen-bond acceptors (Lipinski definition) is 4. The fourth-order valence-corrected chi connectivity index (χ4v) is 2.36. The Kier molecular flexibility index (Phi) is 3.13. The number of H-pyrrole nitrogens is 1. The molecule has 0 aliphatic carbocycles. The Morgan fingerprint density at radius 1 is 1.47 bits per heavy atom. The van der Waals surface area contributed by atoms with E-state index in [2.05, 4.69) is 10.2 Å². The average Bonchev–Trinajstić information content (AvgIpc) is 2.93. The van der Waals surface area contributed by atoms with E-state index in [1.54, 1.807) is 0 Å². The number of rotatable bonds is 4. The predicted molar refractivity (Wildman–Crippen MR) is 65.7 cm³/mol. The van der Waals surface area contributed by atoms with Gasteiger partial charge in [0.15, 0.2) is 5.82 Å². The number of carboxylic acids is 1.